The first kappa shape index (κ1) is 26.9. The van der Waals surface area contributed by atoms with Crippen LogP contribution in [-0.4, -0.2) is 35.1 Å². The van der Waals surface area contributed by atoms with Gasteiger partial charge in [0.1, 0.15) is 12.1 Å². The highest BCUT2D eigenvalue weighted by molar-refractivity contribution is 5.96. The zero-order chi connectivity index (χ0) is 26.6. The molecule has 0 saturated heterocycles. The number of hydrogen-bond donors (Lipinski definition) is 2. The molecule has 6 nitrogen and oxygen atoms in total. The van der Waals surface area contributed by atoms with Crippen molar-refractivity contribution in [3.05, 3.63) is 71.8 Å². The smallest absolute Gasteiger partial charge is 0.329 e. The number of rotatable bonds is 8. The quantitative estimate of drug-likeness (QED) is 0.455. The van der Waals surface area contributed by atoms with Gasteiger partial charge in [-0.2, -0.15) is 0 Å². The van der Waals surface area contributed by atoms with Crippen molar-refractivity contribution >= 4 is 17.8 Å². The van der Waals surface area contributed by atoms with E-state index in [0.717, 1.165) is 19.3 Å². The predicted molar refractivity (Wildman–Crippen MR) is 142 cm³/mol. The second kappa shape index (κ2) is 11.5. The number of amides is 1. The highest BCUT2D eigenvalue weighted by Crippen LogP contribution is 2.44. The van der Waals surface area contributed by atoms with E-state index in [9.17, 15) is 19.5 Å². The van der Waals surface area contributed by atoms with Crippen molar-refractivity contribution in [2.24, 2.45) is 23.7 Å². The largest absolute Gasteiger partial charge is 0.481 e. The van der Waals surface area contributed by atoms with Gasteiger partial charge in [-0.15, -0.1) is 0 Å². The molecule has 2 fully saturated rings. The van der Waals surface area contributed by atoms with Crippen LogP contribution in [-0.2, 0) is 19.7 Å². The second-order valence-corrected chi connectivity index (χ2v) is 11.5. The molecule has 2 saturated carbocycles. The number of ether oxygens (including phenoxy) is 1. The third kappa shape index (κ3) is 6.23. The van der Waals surface area contributed by atoms with Gasteiger partial charge in [0.05, 0.1) is 5.92 Å². The number of nitrogens with one attached hydrogen (secondary N) is 1. The lowest BCUT2D eigenvalue weighted by atomic mass is 9.64. The van der Waals surface area contributed by atoms with Crippen molar-refractivity contribution in [1.29, 1.82) is 0 Å². The maximum absolute atomic E-state index is 13.8. The Morgan fingerprint density at radius 1 is 0.919 bits per heavy atom. The molecule has 198 valence electrons. The molecule has 0 aromatic heterocycles. The molecule has 2 aliphatic carbocycles. The lowest BCUT2D eigenvalue weighted by molar-refractivity contribution is -0.160. The zero-order valence-corrected chi connectivity index (χ0v) is 22.1. The molecule has 0 heterocycles. The summed E-state index contributed by atoms with van der Waals surface area (Å²) in [6.07, 6.45) is 3.93. The molecule has 0 aliphatic heterocycles. The summed E-state index contributed by atoms with van der Waals surface area (Å²) < 4.78 is 6.29. The van der Waals surface area contributed by atoms with Gasteiger partial charge in [0.15, 0.2) is 0 Å². The molecule has 0 bridgehead atoms. The number of hydrogen-bond acceptors (Lipinski definition) is 4. The van der Waals surface area contributed by atoms with E-state index >= 15 is 0 Å². The Morgan fingerprint density at radius 3 is 2.19 bits per heavy atom. The first-order valence-electron chi connectivity index (χ1n) is 13.5. The van der Waals surface area contributed by atoms with Crippen LogP contribution in [0.15, 0.2) is 60.7 Å². The van der Waals surface area contributed by atoms with Crippen LogP contribution >= 0.6 is 0 Å². The molecule has 2 aromatic carbocycles. The molecule has 1 amide bonds. The minimum absolute atomic E-state index is 0.135. The Balaban J connectivity index is 1.56. The van der Waals surface area contributed by atoms with Crippen LogP contribution in [0.1, 0.15) is 75.2 Å². The van der Waals surface area contributed by atoms with Gasteiger partial charge in [-0.05, 0) is 67.1 Å². The molecule has 2 aromatic rings. The molecular weight excluding hydrogens is 466 g/mol. The minimum Gasteiger partial charge on any atom is -0.481 e. The molecule has 2 N–H and O–H groups in total. The van der Waals surface area contributed by atoms with Crippen molar-refractivity contribution < 1.29 is 24.2 Å². The Kier molecular flexibility index (Phi) is 8.35. The lowest BCUT2D eigenvalue weighted by Gasteiger charge is -2.44. The summed E-state index contributed by atoms with van der Waals surface area (Å²) in [5, 5.41) is 12.4. The van der Waals surface area contributed by atoms with Crippen molar-refractivity contribution in [2.75, 3.05) is 0 Å². The third-order valence-corrected chi connectivity index (χ3v) is 8.64. The fraction of sp³-hybridized carbons (Fsp3) is 0.516. The number of esters is 1. The number of benzene rings is 2. The Hall–Kier alpha value is -3.15. The molecule has 2 aliphatic rings. The van der Waals surface area contributed by atoms with E-state index in [0.29, 0.717) is 30.7 Å². The van der Waals surface area contributed by atoms with Crippen molar-refractivity contribution in [2.45, 2.75) is 76.9 Å². The van der Waals surface area contributed by atoms with E-state index in [1.54, 1.807) is 24.3 Å². The van der Waals surface area contributed by atoms with Crippen molar-refractivity contribution in [1.82, 2.24) is 5.32 Å². The van der Waals surface area contributed by atoms with Crippen LogP contribution in [0.2, 0.25) is 0 Å². The fourth-order valence-corrected chi connectivity index (χ4v) is 6.32. The Morgan fingerprint density at radius 2 is 1.57 bits per heavy atom. The summed E-state index contributed by atoms with van der Waals surface area (Å²) in [6.45, 7) is 6.62. The number of carbonyl (C=O) groups is 3. The van der Waals surface area contributed by atoms with Gasteiger partial charge in [-0.3, -0.25) is 9.59 Å². The van der Waals surface area contributed by atoms with Crippen molar-refractivity contribution in [3.8, 4) is 0 Å². The molecule has 0 unspecified atom stereocenters. The monoisotopic (exact) mass is 505 g/mol. The van der Waals surface area contributed by atoms with Gasteiger partial charge in [-0.25, -0.2) is 4.79 Å². The van der Waals surface area contributed by atoms with E-state index < -0.39 is 23.9 Å². The summed E-state index contributed by atoms with van der Waals surface area (Å²) >= 11 is 0. The van der Waals surface area contributed by atoms with Gasteiger partial charge < -0.3 is 15.2 Å². The van der Waals surface area contributed by atoms with E-state index in [1.807, 2.05) is 24.3 Å². The Bertz CT molecular complexity index is 1080. The van der Waals surface area contributed by atoms with E-state index in [1.165, 1.54) is 5.56 Å². The number of carboxylic acid groups (broad SMARTS) is 1. The molecule has 4 rings (SSSR count). The van der Waals surface area contributed by atoms with Crippen LogP contribution in [0.4, 0.5) is 0 Å². The molecule has 6 atom stereocenters. The summed E-state index contributed by atoms with van der Waals surface area (Å²) in [4.78, 5) is 38.4. The van der Waals surface area contributed by atoms with Crippen LogP contribution in [0.5, 0.6) is 0 Å². The van der Waals surface area contributed by atoms with Gasteiger partial charge in [0, 0.05) is 11.5 Å². The first-order valence-corrected chi connectivity index (χ1v) is 13.5. The van der Waals surface area contributed by atoms with Gasteiger partial charge >= 0.3 is 11.9 Å². The molecule has 6 heteroatoms. The maximum Gasteiger partial charge on any atom is 0.329 e. The molecule has 0 spiro atoms. The van der Waals surface area contributed by atoms with Crippen LogP contribution in [0, 0.1) is 23.7 Å². The van der Waals surface area contributed by atoms with Crippen LogP contribution < -0.4 is 5.32 Å². The first-order chi connectivity index (χ1) is 17.7. The molecule has 37 heavy (non-hydrogen) atoms. The van der Waals surface area contributed by atoms with E-state index in [2.05, 4.69) is 38.2 Å². The summed E-state index contributed by atoms with van der Waals surface area (Å²) in [5.74, 6) is -1.87. The van der Waals surface area contributed by atoms with Gasteiger partial charge in [0.2, 0.25) is 0 Å². The van der Waals surface area contributed by atoms with Crippen LogP contribution in [0.25, 0.3) is 0 Å². The maximum atomic E-state index is 13.8. The fourth-order valence-electron chi connectivity index (χ4n) is 6.32. The minimum atomic E-state index is -0.880. The van der Waals surface area contributed by atoms with Gasteiger partial charge in [0.25, 0.3) is 5.91 Å². The van der Waals surface area contributed by atoms with Crippen LogP contribution in [0.3, 0.4) is 0 Å². The topological polar surface area (TPSA) is 92.7 Å². The number of carbonyl (C=O) groups excluding carboxylic acids is 2. The summed E-state index contributed by atoms with van der Waals surface area (Å²) in [7, 11) is 0. The summed E-state index contributed by atoms with van der Waals surface area (Å²) in [5.41, 5.74) is 1.48. The summed E-state index contributed by atoms with van der Waals surface area (Å²) in [6, 6.07) is 18.2. The lowest BCUT2D eigenvalue weighted by Crippen LogP contribution is -2.50. The third-order valence-electron chi connectivity index (χ3n) is 8.64. The standard InChI is InChI=1S/C31H39NO5/c1-20-14-17-25(31(2,3)24-12-8-5-9-13-24)26(18-20)37-30(36)27(22-15-16-23(19-22)29(34)35)32-28(33)21-10-6-4-7-11-21/h4-13,20,22-23,25-27H,14-19H2,1-3H3,(H,32,33)(H,34,35)/t20-,22-,23+,25-,26-,27+/m1/s1. The highest BCUT2D eigenvalue weighted by atomic mass is 16.5. The van der Waals surface area contributed by atoms with E-state index in [4.69, 9.17) is 4.74 Å². The van der Waals surface area contributed by atoms with Crippen molar-refractivity contribution in [3.63, 3.8) is 0 Å². The second-order valence-electron chi connectivity index (χ2n) is 11.5. The normalized spacial score (nSPS) is 26.7. The average Bonchev–Trinajstić information content (AvgIpc) is 3.38. The molecular formula is C31H39NO5. The van der Waals surface area contributed by atoms with E-state index in [-0.39, 0.29) is 29.3 Å². The molecule has 0 radical (unpaired) electrons. The van der Waals surface area contributed by atoms with Gasteiger partial charge in [-0.1, -0.05) is 75.7 Å². The zero-order valence-electron chi connectivity index (χ0n) is 22.1. The number of aliphatic carboxylic acids is 1. The average molecular weight is 506 g/mol. The predicted octanol–water partition coefficient (Wildman–Crippen LogP) is 5.61. The number of carboxylic acids is 1. The SMILES string of the molecule is C[C@@H]1CC[C@@H](C(C)(C)c2ccccc2)[C@H](OC(=O)[C@@H](NC(=O)c2ccccc2)[C@@H]2CC[C@H](C(=O)O)C2)C1. The Labute approximate surface area is 219 Å². The highest BCUT2D eigenvalue weighted by Gasteiger charge is 2.45.